The molecule has 2 heterocycles. The van der Waals surface area contributed by atoms with Crippen LogP contribution in [0.3, 0.4) is 0 Å². The van der Waals surface area contributed by atoms with E-state index in [-0.39, 0.29) is 11.6 Å². The number of hydrogen-bond acceptors (Lipinski definition) is 4. The lowest BCUT2D eigenvalue weighted by atomic mass is 9.52. The summed E-state index contributed by atoms with van der Waals surface area (Å²) in [6.07, 6.45) is 13.9. The van der Waals surface area contributed by atoms with Crippen LogP contribution in [0.1, 0.15) is 77.0 Å². The maximum Gasteiger partial charge on any atom is 0.335 e. The van der Waals surface area contributed by atoms with Gasteiger partial charge in [0.05, 0.1) is 12.2 Å². The SMILES string of the molecule is O=C1C(=O)N(C23CC4CC(CC(C4)C2)C3)C(=O)N1CN1CCC[C@H]2CCCC[C@H]21. The Morgan fingerprint density at radius 1 is 0.793 bits per heavy atom. The van der Waals surface area contributed by atoms with Crippen LogP contribution in [-0.2, 0) is 9.59 Å². The van der Waals surface area contributed by atoms with E-state index in [9.17, 15) is 14.4 Å². The molecule has 7 fully saturated rings. The predicted molar refractivity (Wildman–Crippen MR) is 107 cm³/mol. The number of imide groups is 2. The number of piperidine rings is 1. The molecule has 0 N–H and O–H groups in total. The molecule has 0 unspecified atom stereocenters. The molecule has 4 bridgehead atoms. The van der Waals surface area contributed by atoms with E-state index >= 15 is 0 Å². The molecule has 5 saturated carbocycles. The first kappa shape index (κ1) is 18.3. The quantitative estimate of drug-likeness (QED) is 0.539. The monoisotopic (exact) mass is 399 g/mol. The zero-order valence-electron chi connectivity index (χ0n) is 17.4. The number of fused-ring (bicyclic) bond motifs is 1. The molecule has 2 aliphatic heterocycles. The Kier molecular flexibility index (Phi) is 4.13. The molecule has 0 aromatic carbocycles. The number of hydrogen-bond donors (Lipinski definition) is 0. The molecule has 7 rings (SSSR count). The molecule has 2 atom stereocenters. The molecule has 6 nitrogen and oxygen atoms in total. The Labute approximate surface area is 172 Å². The summed E-state index contributed by atoms with van der Waals surface area (Å²) >= 11 is 0. The van der Waals surface area contributed by atoms with Gasteiger partial charge in [-0.05, 0) is 87.9 Å². The minimum absolute atomic E-state index is 0.313. The van der Waals surface area contributed by atoms with Crippen molar-refractivity contribution in [1.82, 2.24) is 14.7 Å². The van der Waals surface area contributed by atoms with Crippen molar-refractivity contribution in [2.45, 2.75) is 88.6 Å². The van der Waals surface area contributed by atoms with Crippen LogP contribution in [0.4, 0.5) is 4.79 Å². The number of nitrogens with zero attached hydrogens (tertiary/aromatic N) is 3. The molecule has 0 spiro atoms. The number of likely N-dealkylation sites (tertiary alicyclic amines) is 1. The summed E-state index contributed by atoms with van der Waals surface area (Å²) in [5.74, 6) is 1.47. The van der Waals surface area contributed by atoms with E-state index in [0.717, 1.165) is 38.6 Å². The summed E-state index contributed by atoms with van der Waals surface area (Å²) in [6, 6.07) is 0.154. The Morgan fingerprint density at radius 3 is 2.10 bits per heavy atom. The van der Waals surface area contributed by atoms with Crippen LogP contribution < -0.4 is 0 Å². The zero-order chi connectivity index (χ0) is 19.8. The van der Waals surface area contributed by atoms with Crippen LogP contribution in [0.5, 0.6) is 0 Å². The molecule has 2 saturated heterocycles. The second kappa shape index (κ2) is 6.53. The van der Waals surface area contributed by atoms with Gasteiger partial charge in [-0.1, -0.05) is 12.8 Å². The minimum atomic E-state index is -0.580. The van der Waals surface area contributed by atoms with Crippen molar-refractivity contribution in [2.75, 3.05) is 13.2 Å². The van der Waals surface area contributed by atoms with Crippen molar-refractivity contribution < 1.29 is 14.4 Å². The summed E-state index contributed by atoms with van der Waals surface area (Å²) in [5, 5.41) is 0. The third kappa shape index (κ3) is 2.74. The number of carbonyl (C=O) groups excluding carboxylic acids is 3. The average Bonchev–Trinajstić information content (AvgIpc) is 2.91. The summed E-state index contributed by atoms with van der Waals surface area (Å²) in [4.78, 5) is 44.5. The Bertz CT molecular complexity index is 712. The molecule has 7 aliphatic rings. The van der Waals surface area contributed by atoms with E-state index in [2.05, 4.69) is 4.90 Å². The molecule has 29 heavy (non-hydrogen) atoms. The van der Waals surface area contributed by atoms with Crippen molar-refractivity contribution in [3.8, 4) is 0 Å². The first-order valence-electron chi connectivity index (χ1n) is 12.0. The Morgan fingerprint density at radius 2 is 1.41 bits per heavy atom. The highest BCUT2D eigenvalue weighted by molar-refractivity contribution is 6.44. The molecule has 0 aromatic heterocycles. The molecule has 158 valence electrons. The molecule has 5 aliphatic carbocycles. The zero-order valence-corrected chi connectivity index (χ0v) is 17.4. The standard InChI is InChI=1S/C23H33N3O3/c27-20-21(28)26(23-11-15-8-16(12-23)10-17(9-15)13-23)22(29)25(20)14-24-7-3-5-18-4-1-2-6-19(18)24/h15-19H,1-14H2/t15?,16?,17?,18-,19-,23?/m1/s1. The van der Waals surface area contributed by atoms with Crippen molar-refractivity contribution in [3.05, 3.63) is 0 Å². The highest BCUT2D eigenvalue weighted by Crippen LogP contribution is 2.58. The van der Waals surface area contributed by atoms with Crippen molar-refractivity contribution >= 4 is 17.8 Å². The molecule has 6 heteroatoms. The fraction of sp³-hybridized carbons (Fsp3) is 0.870. The van der Waals surface area contributed by atoms with Gasteiger partial charge in [-0.3, -0.25) is 14.5 Å². The van der Waals surface area contributed by atoms with E-state index in [1.165, 1.54) is 54.7 Å². The van der Waals surface area contributed by atoms with Crippen LogP contribution in [0, 0.1) is 23.7 Å². The maximum atomic E-state index is 13.5. The molecular weight excluding hydrogens is 366 g/mol. The van der Waals surface area contributed by atoms with Gasteiger partial charge < -0.3 is 0 Å². The van der Waals surface area contributed by atoms with Gasteiger partial charge in [-0.2, -0.15) is 0 Å². The van der Waals surface area contributed by atoms with Crippen LogP contribution in [-0.4, -0.2) is 57.3 Å². The van der Waals surface area contributed by atoms with Crippen LogP contribution in [0.15, 0.2) is 0 Å². The average molecular weight is 400 g/mol. The van der Waals surface area contributed by atoms with Gasteiger partial charge in [0.2, 0.25) is 0 Å². The molecular formula is C23H33N3O3. The van der Waals surface area contributed by atoms with Gasteiger partial charge in [0, 0.05) is 12.6 Å². The van der Waals surface area contributed by atoms with E-state index in [1.54, 1.807) is 0 Å². The topological polar surface area (TPSA) is 60.9 Å². The lowest BCUT2D eigenvalue weighted by molar-refractivity contribution is -0.150. The van der Waals surface area contributed by atoms with Crippen molar-refractivity contribution in [2.24, 2.45) is 23.7 Å². The number of rotatable bonds is 3. The van der Waals surface area contributed by atoms with Crippen LogP contribution in [0.2, 0.25) is 0 Å². The van der Waals surface area contributed by atoms with E-state index in [0.29, 0.717) is 36.4 Å². The van der Waals surface area contributed by atoms with Gasteiger partial charge >= 0.3 is 17.8 Å². The Hall–Kier alpha value is -1.43. The number of urea groups is 1. The summed E-state index contributed by atoms with van der Waals surface area (Å²) < 4.78 is 0. The fourth-order valence-corrected chi connectivity index (χ4v) is 8.47. The maximum absolute atomic E-state index is 13.5. The van der Waals surface area contributed by atoms with E-state index < -0.39 is 11.8 Å². The lowest BCUT2D eigenvalue weighted by Gasteiger charge is -2.58. The lowest BCUT2D eigenvalue weighted by Crippen LogP contribution is -2.62. The number of amides is 4. The van der Waals surface area contributed by atoms with E-state index in [1.807, 2.05) is 0 Å². The number of carbonyl (C=O) groups is 3. The molecule has 0 aromatic rings. The minimum Gasteiger partial charge on any atom is -0.282 e. The summed E-state index contributed by atoms with van der Waals surface area (Å²) in [7, 11) is 0. The third-order valence-corrected chi connectivity index (χ3v) is 9.21. The van der Waals surface area contributed by atoms with Gasteiger partial charge in [0.1, 0.15) is 0 Å². The van der Waals surface area contributed by atoms with Gasteiger partial charge in [0.25, 0.3) is 0 Å². The van der Waals surface area contributed by atoms with Gasteiger partial charge in [-0.25, -0.2) is 14.6 Å². The first-order chi connectivity index (χ1) is 14.0. The van der Waals surface area contributed by atoms with E-state index in [4.69, 9.17) is 0 Å². The van der Waals surface area contributed by atoms with Gasteiger partial charge in [0.15, 0.2) is 0 Å². The van der Waals surface area contributed by atoms with Crippen molar-refractivity contribution in [3.63, 3.8) is 0 Å². The van der Waals surface area contributed by atoms with Crippen LogP contribution >= 0.6 is 0 Å². The highest BCUT2D eigenvalue weighted by atomic mass is 16.2. The molecule has 0 radical (unpaired) electrons. The second-order valence-corrected chi connectivity index (χ2v) is 11.0. The summed E-state index contributed by atoms with van der Waals surface area (Å²) in [5.41, 5.74) is -0.372. The largest absolute Gasteiger partial charge is 0.335 e. The predicted octanol–water partition coefficient (Wildman–Crippen LogP) is 3.36. The normalized spacial score (nSPS) is 44.7. The van der Waals surface area contributed by atoms with Gasteiger partial charge in [-0.15, -0.1) is 0 Å². The first-order valence-corrected chi connectivity index (χ1v) is 12.0. The summed E-state index contributed by atoms with van der Waals surface area (Å²) in [6.45, 7) is 1.25. The second-order valence-electron chi connectivity index (χ2n) is 11.0. The fourth-order valence-electron chi connectivity index (χ4n) is 8.47. The van der Waals surface area contributed by atoms with Crippen molar-refractivity contribution in [1.29, 1.82) is 0 Å². The Balaban J connectivity index is 1.24. The third-order valence-electron chi connectivity index (χ3n) is 9.21. The highest BCUT2D eigenvalue weighted by Gasteiger charge is 2.61. The molecule has 4 amide bonds. The smallest absolute Gasteiger partial charge is 0.282 e. The van der Waals surface area contributed by atoms with Crippen LogP contribution in [0.25, 0.3) is 0 Å².